The van der Waals surface area contributed by atoms with Gasteiger partial charge in [-0.3, -0.25) is 14.2 Å². The number of carbonyl (C=O) groups is 2. The number of anilines is 1. The number of fused-ring (bicyclic) bond motifs is 1. The van der Waals surface area contributed by atoms with Gasteiger partial charge in [-0.1, -0.05) is 25.3 Å². The van der Waals surface area contributed by atoms with E-state index in [9.17, 15) is 27.2 Å². The summed E-state index contributed by atoms with van der Waals surface area (Å²) in [5, 5.41) is 3.45. The van der Waals surface area contributed by atoms with Crippen molar-refractivity contribution in [3.8, 4) is 0 Å². The van der Waals surface area contributed by atoms with Gasteiger partial charge in [0.25, 0.3) is 5.91 Å². The number of amides is 1. The lowest BCUT2D eigenvalue weighted by molar-refractivity contribution is -0.138. The zero-order valence-electron chi connectivity index (χ0n) is 17.4. The molecular weight excluding hydrogens is 424 g/mol. The molecule has 4 rings (SSSR count). The topological polar surface area (TPSA) is 51.1 Å². The van der Waals surface area contributed by atoms with Gasteiger partial charge in [-0.15, -0.1) is 0 Å². The normalized spacial score (nSPS) is 15.2. The summed E-state index contributed by atoms with van der Waals surface area (Å²) in [6.45, 7) is 1.56. The molecule has 0 spiro atoms. The number of rotatable bonds is 3. The Morgan fingerprint density at radius 1 is 1.03 bits per heavy atom. The van der Waals surface area contributed by atoms with Crippen LogP contribution in [0.5, 0.6) is 0 Å². The molecule has 1 aromatic heterocycles. The lowest BCUT2D eigenvalue weighted by Gasteiger charge is -2.20. The second kappa shape index (κ2) is 8.41. The van der Waals surface area contributed by atoms with Gasteiger partial charge in [0.15, 0.2) is 0 Å². The summed E-state index contributed by atoms with van der Waals surface area (Å²) in [7, 11) is 0. The zero-order valence-corrected chi connectivity index (χ0v) is 17.4. The highest BCUT2D eigenvalue weighted by molar-refractivity contribution is 6.05. The van der Waals surface area contributed by atoms with Gasteiger partial charge in [0.2, 0.25) is 5.91 Å². The molecule has 1 fully saturated rings. The lowest BCUT2D eigenvalue weighted by atomic mass is 9.88. The van der Waals surface area contributed by atoms with Gasteiger partial charge in [0.1, 0.15) is 5.82 Å². The molecule has 3 aromatic rings. The fraction of sp³-hybridized carbons (Fsp3) is 0.333. The smallest absolute Gasteiger partial charge is 0.326 e. The first kappa shape index (κ1) is 22.0. The first-order valence-electron chi connectivity index (χ1n) is 10.5. The summed E-state index contributed by atoms with van der Waals surface area (Å²) >= 11 is 0. The molecule has 0 saturated heterocycles. The van der Waals surface area contributed by atoms with Gasteiger partial charge in [-0.05, 0) is 56.2 Å². The quantitative estimate of drug-likeness (QED) is 0.479. The highest BCUT2D eigenvalue weighted by Gasteiger charge is 2.37. The lowest BCUT2D eigenvalue weighted by Crippen LogP contribution is -2.24. The van der Waals surface area contributed by atoms with E-state index in [-0.39, 0.29) is 11.8 Å². The van der Waals surface area contributed by atoms with E-state index in [2.05, 4.69) is 5.32 Å². The molecule has 1 saturated carbocycles. The van der Waals surface area contributed by atoms with Crippen molar-refractivity contribution in [2.75, 3.05) is 5.32 Å². The average Bonchev–Trinajstić information content (AvgIpc) is 3.08. The maximum Gasteiger partial charge on any atom is 0.417 e. The van der Waals surface area contributed by atoms with E-state index in [1.54, 1.807) is 31.2 Å². The van der Waals surface area contributed by atoms with Gasteiger partial charge in [-0.2, -0.15) is 13.2 Å². The summed E-state index contributed by atoms with van der Waals surface area (Å²) < 4.78 is 55.6. The highest BCUT2D eigenvalue weighted by Crippen LogP contribution is 2.35. The highest BCUT2D eigenvalue weighted by atomic mass is 19.4. The second-order valence-electron chi connectivity index (χ2n) is 8.18. The number of aromatic nitrogens is 1. The van der Waals surface area contributed by atoms with E-state index < -0.39 is 29.0 Å². The number of nitrogens with one attached hydrogen (secondary N) is 1. The third-order valence-electron chi connectivity index (χ3n) is 5.96. The summed E-state index contributed by atoms with van der Waals surface area (Å²) in [5.74, 6) is -2.42. The van der Waals surface area contributed by atoms with Crippen molar-refractivity contribution in [1.29, 1.82) is 0 Å². The molecule has 1 amide bonds. The molecule has 8 heteroatoms. The largest absolute Gasteiger partial charge is 0.417 e. The summed E-state index contributed by atoms with van der Waals surface area (Å²) in [4.78, 5) is 25.6. The predicted octanol–water partition coefficient (Wildman–Crippen LogP) is 6.31. The van der Waals surface area contributed by atoms with Crippen molar-refractivity contribution in [2.24, 2.45) is 5.92 Å². The third kappa shape index (κ3) is 4.13. The molecule has 0 bridgehead atoms. The van der Waals surface area contributed by atoms with E-state index in [1.165, 1.54) is 0 Å². The molecule has 0 aliphatic heterocycles. The Balaban J connectivity index is 1.69. The SMILES string of the molecule is Cc1cc2cc(NC(=O)C3CCCCC3)ccc2n1C(=O)c1c(F)cccc1C(F)(F)F. The van der Waals surface area contributed by atoms with Crippen LogP contribution in [0, 0.1) is 18.7 Å². The standard InChI is InChI=1S/C24H22F4N2O2/c1-14-12-16-13-17(29-22(31)15-6-3-2-4-7-15)10-11-20(16)30(14)23(32)21-18(24(26,27)28)8-5-9-19(21)25/h5,8-13,15H,2-4,6-7H2,1H3,(H,29,31). The minimum Gasteiger partial charge on any atom is -0.326 e. The van der Waals surface area contributed by atoms with Gasteiger partial charge in [0, 0.05) is 22.7 Å². The van der Waals surface area contributed by atoms with Crippen LogP contribution in [0.2, 0.25) is 0 Å². The monoisotopic (exact) mass is 446 g/mol. The van der Waals surface area contributed by atoms with Gasteiger partial charge < -0.3 is 5.32 Å². The molecule has 1 heterocycles. The molecule has 168 valence electrons. The Morgan fingerprint density at radius 3 is 2.44 bits per heavy atom. The molecule has 1 aliphatic carbocycles. The van der Waals surface area contributed by atoms with Gasteiger partial charge in [0.05, 0.1) is 16.6 Å². The molecule has 32 heavy (non-hydrogen) atoms. The second-order valence-corrected chi connectivity index (χ2v) is 8.18. The Hall–Kier alpha value is -3.16. The Kier molecular flexibility index (Phi) is 5.79. The average molecular weight is 446 g/mol. The molecule has 0 atom stereocenters. The molecule has 2 aromatic carbocycles. The molecule has 1 N–H and O–H groups in total. The number of halogens is 4. The number of nitrogens with zero attached hydrogens (tertiary/aromatic N) is 1. The number of carbonyl (C=O) groups excluding carboxylic acids is 2. The van der Waals surface area contributed by atoms with Crippen LogP contribution in [0.4, 0.5) is 23.2 Å². The first-order valence-corrected chi connectivity index (χ1v) is 10.5. The fourth-order valence-electron chi connectivity index (χ4n) is 4.40. The minimum absolute atomic E-state index is 0.0331. The molecular formula is C24H22F4N2O2. The summed E-state index contributed by atoms with van der Waals surface area (Å²) in [6.07, 6.45) is 0.00804. The minimum atomic E-state index is -4.87. The maximum absolute atomic E-state index is 14.4. The maximum atomic E-state index is 14.4. The Bertz CT molecular complexity index is 1190. The predicted molar refractivity (Wildman–Crippen MR) is 113 cm³/mol. The van der Waals surface area contributed by atoms with E-state index >= 15 is 0 Å². The molecule has 0 radical (unpaired) electrons. The van der Waals surface area contributed by atoms with Crippen molar-refractivity contribution in [2.45, 2.75) is 45.2 Å². The molecule has 4 nitrogen and oxygen atoms in total. The molecule has 0 unspecified atom stereocenters. The van der Waals surface area contributed by atoms with Crippen molar-refractivity contribution in [3.63, 3.8) is 0 Å². The van der Waals surface area contributed by atoms with Crippen LogP contribution >= 0.6 is 0 Å². The zero-order chi connectivity index (χ0) is 23.0. The number of hydrogen-bond donors (Lipinski definition) is 1. The number of aryl methyl sites for hydroxylation is 1. The number of hydrogen-bond acceptors (Lipinski definition) is 2. The van der Waals surface area contributed by atoms with Crippen LogP contribution in [0.25, 0.3) is 10.9 Å². The van der Waals surface area contributed by atoms with Crippen LogP contribution < -0.4 is 5.32 Å². The van der Waals surface area contributed by atoms with Crippen LogP contribution in [0.15, 0.2) is 42.5 Å². The number of benzene rings is 2. The van der Waals surface area contributed by atoms with Crippen LogP contribution in [-0.4, -0.2) is 16.4 Å². The van der Waals surface area contributed by atoms with Crippen molar-refractivity contribution in [3.05, 3.63) is 65.1 Å². The summed E-state index contributed by atoms with van der Waals surface area (Å²) in [5.41, 5.74) is -1.10. The first-order chi connectivity index (χ1) is 15.2. The van der Waals surface area contributed by atoms with Gasteiger partial charge >= 0.3 is 6.18 Å². The summed E-state index contributed by atoms with van der Waals surface area (Å²) in [6, 6.07) is 8.88. The van der Waals surface area contributed by atoms with Crippen molar-refractivity contribution >= 4 is 28.4 Å². The van der Waals surface area contributed by atoms with E-state index in [4.69, 9.17) is 0 Å². The van der Waals surface area contributed by atoms with E-state index in [1.807, 2.05) is 0 Å². The van der Waals surface area contributed by atoms with Crippen molar-refractivity contribution < 1.29 is 27.2 Å². The van der Waals surface area contributed by atoms with E-state index in [0.29, 0.717) is 28.4 Å². The van der Waals surface area contributed by atoms with Crippen LogP contribution in [0.1, 0.15) is 53.7 Å². The Morgan fingerprint density at radius 2 is 1.75 bits per heavy atom. The Labute approximate surface area is 182 Å². The number of alkyl halides is 3. The molecule has 1 aliphatic rings. The third-order valence-corrected chi connectivity index (χ3v) is 5.96. The fourth-order valence-corrected chi connectivity index (χ4v) is 4.40. The van der Waals surface area contributed by atoms with Crippen molar-refractivity contribution in [1.82, 2.24) is 4.57 Å². The van der Waals surface area contributed by atoms with Crippen LogP contribution in [-0.2, 0) is 11.0 Å². The van der Waals surface area contributed by atoms with E-state index in [0.717, 1.165) is 48.8 Å². The van der Waals surface area contributed by atoms with Gasteiger partial charge in [-0.25, -0.2) is 4.39 Å². The van der Waals surface area contributed by atoms with Crippen LogP contribution in [0.3, 0.4) is 0 Å².